The summed E-state index contributed by atoms with van der Waals surface area (Å²) in [5, 5.41) is 15.9. The molecule has 1 saturated carbocycles. The highest BCUT2D eigenvalue weighted by Gasteiger charge is 2.25. The fourth-order valence-corrected chi connectivity index (χ4v) is 3.84. The summed E-state index contributed by atoms with van der Waals surface area (Å²) < 4.78 is 5.19. The standard InChI is InChI=1S/C23H19N5OS/c1-29-20-10-5-17(6-11-20)14-28-26-23(25-27-28)19-4-2-3-16(13-19)7-12-22-24-21(15-30-22)18-8-9-18/h2-6,10-11,13,15,18H,8-9,14H2,1H3. The molecule has 0 bridgehead atoms. The van der Waals surface area contributed by atoms with Gasteiger partial charge in [-0.2, -0.15) is 4.80 Å². The van der Waals surface area contributed by atoms with E-state index in [0.29, 0.717) is 18.3 Å². The van der Waals surface area contributed by atoms with Crippen LogP contribution in [0.25, 0.3) is 11.4 Å². The van der Waals surface area contributed by atoms with Gasteiger partial charge in [0, 0.05) is 22.4 Å². The summed E-state index contributed by atoms with van der Waals surface area (Å²) in [7, 11) is 1.65. The van der Waals surface area contributed by atoms with Gasteiger partial charge in [0.05, 0.1) is 19.3 Å². The first-order valence-corrected chi connectivity index (χ1v) is 10.6. The number of methoxy groups -OCH3 is 1. The molecule has 30 heavy (non-hydrogen) atoms. The summed E-state index contributed by atoms with van der Waals surface area (Å²) in [5.74, 6) is 8.44. The second kappa shape index (κ2) is 8.09. The van der Waals surface area contributed by atoms with E-state index in [9.17, 15) is 0 Å². The van der Waals surface area contributed by atoms with Crippen molar-refractivity contribution in [3.05, 3.63) is 75.7 Å². The van der Waals surface area contributed by atoms with Gasteiger partial charge in [-0.25, -0.2) is 4.98 Å². The summed E-state index contributed by atoms with van der Waals surface area (Å²) in [6.07, 6.45) is 2.51. The smallest absolute Gasteiger partial charge is 0.204 e. The third-order valence-corrected chi connectivity index (χ3v) is 5.66. The highest BCUT2D eigenvalue weighted by molar-refractivity contribution is 7.10. The van der Waals surface area contributed by atoms with Gasteiger partial charge in [-0.05, 0) is 53.8 Å². The number of tetrazole rings is 1. The minimum Gasteiger partial charge on any atom is -0.497 e. The van der Waals surface area contributed by atoms with Crippen LogP contribution in [-0.2, 0) is 6.54 Å². The summed E-state index contributed by atoms with van der Waals surface area (Å²) in [6.45, 7) is 0.546. The fourth-order valence-electron chi connectivity index (χ4n) is 3.09. The predicted molar refractivity (Wildman–Crippen MR) is 115 cm³/mol. The molecule has 0 radical (unpaired) electrons. The number of rotatable bonds is 5. The molecule has 1 aliphatic carbocycles. The van der Waals surface area contributed by atoms with Crippen LogP contribution in [0, 0.1) is 11.8 Å². The Balaban J connectivity index is 1.31. The lowest BCUT2D eigenvalue weighted by Crippen LogP contribution is -2.04. The van der Waals surface area contributed by atoms with Gasteiger partial charge in [0.1, 0.15) is 5.75 Å². The Morgan fingerprint density at radius 2 is 2.00 bits per heavy atom. The highest BCUT2D eigenvalue weighted by atomic mass is 32.1. The third-order valence-electron chi connectivity index (χ3n) is 4.89. The number of hydrogen-bond acceptors (Lipinski definition) is 6. The van der Waals surface area contributed by atoms with Gasteiger partial charge in [-0.1, -0.05) is 30.2 Å². The molecular weight excluding hydrogens is 394 g/mol. The van der Waals surface area contributed by atoms with E-state index in [1.54, 1.807) is 23.2 Å². The van der Waals surface area contributed by atoms with E-state index < -0.39 is 0 Å². The highest BCUT2D eigenvalue weighted by Crippen LogP contribution is 2.40. The lowest BCUT2D eigenvalue weighted by atomic mass is 10.1. The van der Waals surface area contributed by atoms with E-state index in [-0.39, 0.29) is 0 Å². The van der Waals surface area contributed by atoms with Gasteiger partial charge in [0.2, 0.25) is 5.82 Å². The van der Waals surface area contributed by atoms with Crippen molar-refractivity contribution in [3.63, 3.8) is 0 Å². The average Bonchev–Trinajstić information content (AvgIpc) is 3.34. The second-order valence-corrected chi connectivity index (χ2v) is 8.03. The van der Waals surface area contributed by atoms with Crippen molar-refractivity contribution < 1.29 is 4.74 Å². The number of benzene rings is 2. The first-order valence-electron chi connectivity index (χ1n) is 9.75. The summed E-state index contributed by atoms with van der Waals surface area (Å²) in [6, 6.07) is 15.7. The predicted octanol–water partition coefficient (Wildman–Crippen LogP) is 4.13. The van der Waals surface area contributed by atoms with E-state index >= 15 is 0 Å². The van der Waals surface area contributed by atoms with Crippen molar-refractivity contribution in [2.75, 3.05) is 7.11 Å². The molecule has 7 heteroatoms. The fraction of sp³-hybridized carbons (Fsp3) is 0.217. The molecule has 4 aromatic rings. The second-order valence-electron chi connectivity index (χ2n) is 7.17. The van der Waals surface area contributed by atoms with Crippen LogP contribution in [0.3, 0.4) is 0 Å². The van der Waals surface area contributed by atoms with E-state index in [0.717, 1.165) is 27.4 Å². The zero-order chi connectivity index (χ0) is 20.3. The molecule has 2 aromatic carbocycles. The van der Waals surface area contributed by atoms with E-state index in [1.165, 1.54) is 18.5 Å². The minimum absolute atomic E-state index is 0.546. The van der Waals surface area contributed by atoms with Crippen LogP contribution in [0.15, 0.2) is 53.9 Å². The van der Waals surface area contributed by atoms with Crippen LogP contribution < -0.4 is 4.74 Å². The SMILES string of the molecule is COc1ccc(Cn2nnc(-c3cccc(C#Cc4nc(C5CC5)cs4)c3)n2)cc1. The zero-order valence-electron chi connectivity index (χ0n) is 16.4. The molecule has 0 spiro atoms. The Morgan fingerprint density at radius 3 is 2.80 bits per heavy atom. The summed E-state index contributed by atoms with van der Waals surface area (Å²) in [4.78, 5) is 6.21. The van der Waals surface area contributed by atoms with Gasteiger partial charge >= 0.3 is 0 Å². The molecule has 0 saturated heterocycles. The van der Waals surface area contributed by atoms with Gasteiger partial charge in [0.15, 0.2) is 5.01 Å². The molecule has 0 aliphatic heterocycles. The lowest BCUT2D eigenvalue weighted by molar-refractivity contribution is 0.414. The molecule has 0 atom stereocenters. The van der Waals surface area contributed by atoms with E-state index in [2.05, 4.69) is 37.6 Å². The van der Waals surface area contributed by atoms with Crippen LogP contribution >= 0.6 is 11.3 Å². The van der Waals surface area contributed by atoms with E-state index in [4.69, 9.17) is 4.74 Å². The Labute approximate surface area is 178 Å². The maximum Gasteiger partial charge on any atom is 0.204 e. The summed E-state index contributed by atoms with van der Waals surface area (Å²) >= 11 is 1.61. The summed E-state index contributed by atoms with van der Waals surface area (Å²) in [5.41, 5.74) is 4.06. The van der Waals surface area contributed by atoms with Crippen LogP contribution in [0.1, 0.15) is 40.6 Å². The third kappa shape index (κ3) is 4.24. The first kappa shape index (κ1) is 18.5. The Bertz CT molecular complexity index is 1230. The number of ether oxygens (including phenoxy) is 1. The molecular formula is C23H19N5OS. The van der Waals surface area contributed by atoms with Crippen molar-refractivity contribution in [1.82, 2.24) is 25.2 Å². The molecule has 2 aromatic heterocycles. The molecule has 0 amide bonds. The number of aromatic nitrogens is 5. The Hall–Kier alpha value is -3.50. The molecule has 1 fully saturated rings. The van der Waals surface area contributed by atoms with Crippen molar-refractivity contribution in [2.24, 2.45) is 0 Å². The van der Waals surface area contributed by atoms with Gasteiger partial charge in [-0.3, -0.25) is 0 Å². The van der Waals surface area contributed by atoms with Crippen molar-refractivity contribution in [3.8, 4) is 29.0 Å². The topological polar surface area (TPSA) is 65.7 Å². The molecule has 0 unspecified atom stereocenters. The number of thiazole rings is 1. The van der Waals surface area contributed by atoms with Crippen molar-refractivity contribution >= 4 is 11.3 Å². The van der Waals surface area contributed by atoms with Crippen LogP contribution in [0.4, 0.5) is 0 Å². The van der Waals surface area contributed by atoms with Crippen LogP contribution in [0.5, 0.6) is 5.75 Å². The first-order chi connectivity index (χ1) is 14.8. The monoisotopic (exact) mass is 413 g/mol. The normalized spacial score (nSPS) is 13.0. The van der Waals surface area contributed by atoms with Crippen molar-refractivity contribution in [2.45, 2.75) is 25.3 Å². The maximum atomic E-state index is 5.19. The van der Waals surface area contributed by atoms with Gasteiger partial charge in [0.25, 0.3) is 0 Å². The molecule has 1 aliphatic rings. The Kier molecular flexibility index (Phi) is 4.99. The molecule has 2 heterocycles. The molecule has 5 rings (SSSR count). The zero-order valence-corrected chi connectivity index (χ0v) is 17.3. The average molecular weight is 414 g/mol. The quantitative estimate of drug-likeness (QED) is 0.460. The van der Waals surface area contributed by atoms with E-state index in [1.807, 2.05) is 48.5 Å². The molecule has 0 N–H and O–H groups in total. The Morgan fingerprint density at radius 1 is 1.13 bits per heavy atom. The van der Waals surface area contributed by atoms with Gasteiger partial charge in [-0.15, -0.1) is 21.5 Å². The number of nitrogens with zero attached hydrogens (tertiary/aromatic N) is 5. The van der Waals surface area contributed by atoms with Crippen LogP contribution in [0.2, 0.25) is 0 Å². The number of hydrogen-bond donors (Lipinski definition) is 0. The lowest BCUT2D eigenvalue weighted by Gasteiger charge is -2.02. The molecule has 6 nitrogen and oxygen atoms in total. The largest absolute Gasteiger partial charge is 0.497 e. The van der Waals surface area contributed by atoms with Crippen LogP contribution in [-0.4, -0.2) is 32.3 Å². The maximum absolute atomic E-state index is 5.19. The molecule has 148 valence electrons. The van der Waals surface area contributed by atoms with Gasteiger partial charge < -0.3 is 4.74 Å². The minimum atomic E-state index is 0.546. The van der Waals surface area contributed by atoms with Crippen molar-refractivity contribution in [1.29, 1.82) is 0 Å².